The highest BCUT2D eigenvalue weighted by molar-refractivity contribution is 5.35. The molecule has 0 aliphatic rings. The molecule has 0 heterocycles. The summed E-state index contributed by atoms with van der Waals surface area (Å²) in [5.74, 6) is -1.36. The lowest BCUT2D eigenvalue weighted by Gasteiger charge is -2.10. The molecule has 1 rings (SSSR count). The first-order chi connectivity index (χ1) is 7.19. The van der Waals surface area contributed by atoms with Gasteiger partial charge in [0.1, 0.15) is 5.75 Å². The topological polar surface area (TPSA) is 35.2 Å². The van der Waals surface area contributed by atoms with Crippen molar-refractivity contribution >= 4 is 0 Å². The molecular formula is C11H15F2NO. The van der Waals surface area contributed by atoms with Gasteiger partial charge in [0.05, 0.1) is 6.61 Å². The second-order valence-electron chi connectivity index (χ2n) is 3.26. The summed E-state index contributed by atoms with van der Waals surface area (Å²) in [7, 11) is 0. The minimum absolute atomic E-state index is 0.382. The van der Waals surface area contributed by atoms with Crippen LogP contribution in [0.2, 0.25) is 0 Å². The van der Waals surface area contributed by atoms with Gasteiger partial charge in [-0.2, -0.15) is 0 Å². The minimum atomic E-state index is -0.887. The molecule has 0 unspecified atom stereocenters. The van der Waals surface area contributed by atoms with Crippen LogP contribution in [-0.4, -0.2) is 13.2 Å². The highest BCUT2D eigenvalue weighted by Crippen LogP contribution is 2.22. The van der Waals surface area contributed by atoms with Crippen LogP contribution < -0.4 is 10.5 Å². The van der Waals surface area contributed by atoms with Crippen LogP contribution in [0.15, 0.2) is 12.1 Å². The largest absolute Gasteiger partial charge is 0.493 e. The molecule has 2 N–H and O–H groups in total. The van der Waals surface area contributed by atoms with Crippen LogP contribution in [0.4, 0.5) is 8.78 Å². The maximum Gasteiger partial charge on any atom is 0.162 e. The zero-order chi connectivity index (χ0) is 11.3. The summed E-state index contributed by atoms with van der Waals surface area (Å²) in [6.07, 6.45) is 1.30. The van der Waals surface area contributed by atoms with Gasteiger partial charge < -0.3 is 10.5 Å². The predicted molar refractivity (Wildman–Crippen MR) is 54.9 cm³/mol. The van der Waals surface area contributed by atoms with E-state index in [4.69, 9.17) is 10.5 Å². The summed E-state index contributed by atoms with van der Waals surface area (Å²) in [4.78, 5) is 0. The van der Waals surface area contributed by atoms with Crippen LogP contribution in [-0.2, 0) is 6.42 Å². The van der Waals surface area contributed by atoms with Crippen molar-refractivity contribution in [2.45, 2.75) is 19.8 Å². The van der Waals surface area contributed by atoms with Gasteiger partial charge in [0.2, 0.25) is 0 Å². The Morgan fingerprint density at radius 2 is 1.93 bits per heavy atom. The average Bonchev–Trinajstić information content (AvgIpc) is 2.21. The van der Waals surface area contributed by atoms with E-state index in [1.165, 1.54) is 0 Å². The maximum absolute atomic E-state index is 12.9. The maximum atomic E-state index is 12.9. The number of nitrogens with two attached hydrogens (primary N) is 1. The molecule has 0 radical (unpaired) electrons. The fourth-order valence-electron chi connectivity index (χ4n) is 1.27. The van der Waals surface area contributed by atoms with Crippen molar-refractivity contribution in [2.75, 3.05) is 13.2 Å². The van der Waals surface area contributed by atoms with E-state index in [1.54, 1.807) is 0 Å². The van der Waals surface area contributed by atoms with E-state index in [1.807, 2.05) is 6.92 Å². The molecule has 1 aromatic carbocycles. The number of rotatable bonds is 5. The Morgan fingerprint density at radius 3 is 2.53 bits per heavy atom. The zero-order valence-electron chi connectivity index (χ0n) is 8.72. The van der Waals surface area contributed by atoms with Gasteiger partial charge in [0.25, 0.3) is 0 Å². The van der Waals surface area contributed by atoms with E-state index < -0.39 is 11.6 Å². The Kier molecular flexibility index (Phi) is 4.49. The molecule has 0 aliphatic carbocycles. The lowest BCUT2D eigenvalue weighted by atomic mass is 10.1. The minimum Gasteiger partial charge on any atom is -0.493 e. The number of hydrogen-bond acceptors (Lipinski definition) is 2. The molecule has 0 fully saturated rings. The molecule has 0 spiro atoms. The summed E-state index contributed by atoms with van der Waals surface area (Å²) in [6.45, 7) is 2.82. The Morgan fingerprint density at radius 1 is 1.27 bits per heavy atom. The van der Waals surface area contributed by atoms with Crippen molar-refractivity contribution in [3.8, 4) is 5.75 Å². The van der Waals surface area contributed by atoms with Crippen LogP contribution >= 0.6 is 0 Å². The molecule has 0 saturated carbocycles. The van der Waals surface area contributed by atoms with Crippen LogP contribution in [0, 0.1) is 11.6 Å². The second kappa shape index (κ2) is 5.66. The molecule has 4 heteroatoms. The third kappa shape index (κ3) is 3.16. The first kappa shape index (κ1) is 11.9. The molecule has 15 heavy (non-hydrogen) atoms. The van der Waals surface area contributed by atoms with E-state index in [0.29, 0.717) is 30.9 Å². The van der Waals surface area contributed by atoms with E-state index in [9.17, 15) is 8.78 Å². The molecular weight excluding hydrogens is 200 g/mol. The summed E-state index contributed by atoms with van der Waals surface area (Å²) >= 11 is 0. The van der Waals surface area contributed by atoms with Gasteiger partial charge in [0, 0.05) is 6.07 Å². The fourth-order valence-corrected chi connectivity index (χ4v) is 1.27. The van der Waals surface area contributed by atoms with E-state index >= 15 is 0 Å². The van der Waals surface area contributed by atoms with E-state index in [2.05, 4.69) is 0 Å². The Balaban J connectivity index is 2.93. The third-order valence-corrected chi connectivity index (χ3v) is 1.98. The molecule has 0 bridgehead atoms. The van der Waals surface area contributed by atoms with Crippen molar-refractivity contribution in [2.24, 2.45) is 5.73 Å². The number of hydrogen-bond donors (Lipinski definition) is 1. The predicted octanol–water partition coefficient (Wildman–Crippen LogP) is 2.25. The lowest BCUT2D eigenvalue weighted by molar-refractivity contribution is 0.311. The van der Waals surface area contributed by atoms with Crippen molar-refractivity contribution in [1.29, 1.82) is 0 Å². The third-order valence-electron chi connectivity index (χ3n) is 1.98. The Hall–Kier alpha value is -1.16. The van der Waals surface area contributed by atoms with Crippen molar-refractivity contribution in [3.05, 3.63) is 29.3 Å². The van der Waals surface area contributed by atoms with Gasteiger partial charge in [-0.25, -0.2) is 8.78 Å². The van der Waals surface area contributed by atoms with Gasteiger partial charge in [-0.05, 0) is 31.0 Å². The smallest absolute Gasteiger partial charge is 0.162 e. The second-order valence-corrected chi connectivity index (χ2v) is 3.26. The lowest BCUT2D eigenvalue weighted by Crippen LogP contribution is -2.07. The van der Waals surface area contributed by atoms with Crippen molar-refractivity contribution in [1.82, 2.24) is 0 Å². The molecule has 0 aromatic heterocycles. The quantitative estimate of drug-likeness (QED) is 0.817. The Bertz CT molecular complexity index is 329. The number of ether oxygens (including phenoxy) is 1. The van der Waals surface area contributed by atoms with Gasteiger partial charge in [-0.3, -0.25) is 0 Å². The van der Waals surface area contributed by atoms with Gasteiger partial charge in [0.15, 0.2) is 11.6 Å². The fraction of sp³-hybridized carbons (Fsp3) is 0.455. The Labute approximate surface area is 88.0 Å². The summed E-state index contributed by atoms with van der Waals surface area (Å²) in [6, 6.07) is 2.23. The van der Waals surface area contributed by atoms with E-state index in [-0.39, 0.29) is 0 Å². The first-order valence-electron chi connectivity index (χ1n) is 4.99. The van der Waals surface area contributed by atoms with Crippen LogP contribution in [0.3, 0.4) is 0 Å². The molecule has 2 nitrogen and oxygen atoms in total. The first-order valence-corrected chi connectivity index (χ1v) is 4.99. The number of halogens is 2. The molecule has 0 amide bonds. The van der Waals surface area contributed by atoms with Crippen LogP contribution in [0.25, 0.3) is 0 Å². The molecule has 0 atom stereocenters. The standard InChI is InChI=1S/C11H15F2NO/c1-2-5-15-11-7-10(13)9(12)6-8(11)3-4-14/h6-7H,2-5,14H2,1H3. The van der Waals surface area contributed by atoms with Gasteiger partial charge in [-0.1, -0.05) is 6.92 Å². The molecule has 84 valence electrons. The van der Waals surface area contributed by atoms with Crippen molar-refractivity contribution in [3.63, 3.8) is 0 Å². The summed E-state index contributed by atoms with van der Waals surface area (Å²) < 4.78 is 31.2. The summed E-state index contributed by atoms with van der Waals surface area (Å²) in [5, 5.41) is 0. The van der Waals surface area contributed by atoms with Gasteiger partial charge >= 0.3 is 0 Å². The molecule has 1 aromatic rings. The zero-order valence-corrected chi connectivity index (χ0v) is 8.72. The van der Waals surface area contributed by atoms with E-state index in [0.717, 1.165) is 18.6 Å². The molecule has 0 saturated heterocycles. The van der Waals surface area contributed by atoms with Crippen molar-refractivity contribution < 1.29 is 13.5 Å². The normalized spacial score (nSPS) is 10.4. The average molecular weight is 215 g/mol. The van der Waals surface area contributed by atoms with Crippen LogP contribution in [0.1, 0.15) is 18.9 Å². The van der Waals surface area contributed by atoms with Crippen LogP contribution in [0.5, 0.6) is 5.75 Å². The number of benzene rings is 1. The van der Waals surface area contributed by atoms with Gasteiger partial charge in [-0.15, -0.1) is 0 Å². The molecule has 0 aliphatic heterocycles. The summed E-state index contributed by atoms with van der Waals surface area (Å²) in [5.41, 5.74) is 5.99. The highest BCUT2D eigenvalue weighted by atomic mass is 19.2. The highest BCUT2D eigenvalue weighted by Gasteiger charge is 2.10. The monoisotopic (exact) mass is 215 g/mol. The SMILES string of the molecule is CCCOc1cc(F)c(F)cc1CCN.